The van der Waals surface area contributed by atoms with Gasteiger partial charge in [-0.1, -0.05) is 42.5 Å². The summed E-state index contributed by atoms with van der Waals surface area (Å²) < 4.78 is 12.9. The third-order valence-electron chi connectivity index (χ3n) is 5.69. The summed E-state index contributed by atoms with van der Waals surface area (Å²) in [5, 5.41) is 17.0. The van der Waals surface area contributed by atoms with E-state index in [1.807, 2.05) is 24.3 Å². The molecule has 0 aliphatic carbocycles. The molecule has 6 aromatic rings. The number of nitro groups is 1. The lowest BCUT2D eigenvalue weighted by Gasteiger charge is -2.06. The Morgan fingerprint density at radius 3 is 2.53 bits per heavy atom. The van der Waals surface area contributed by atoms with Gasteiger partial charge in [0.05, 0.1) is 27.6 Å². The van der Waals surface area contributed by atoms with Crippen molar-refractivity contribution >= 4 is 33.8 Å². The molecule has 6 rings (SSSR count). The van der Waals surface area contributed by atoms with E-state index in [0.717, 1.165) is 10.1 Å². The second-order valence-electron chi connectivity index (χ2n) is 7.94. The first-order valence-corrected chi connectivity index (χ1v) is 11.0. The summed E-state index contributed by atoms with van der Waals surface area (Å²) in [4.78, 5) is 28.9. The monoisotopic (exact) mass is 476 g/mol. The third-order valence-corrected chi connectivity index (χ3v) is 5.69. The van der Waals surface area contributed by atoms with Crippen molar-refractivity contribution in [3.63, 3.8) is 0 Å². The third kappa shape index (κ3) is 3.64. The van der Waals surface area contributed by atoms with Gasteiger partial charge in [-0.15, -0.1) is 0 Å². The van der Waals surface area contributed by atoms with Crippen LogP contribution in [0, 0.1) is 10.1 Å². The molecule has 3 heterocycles. The molecule has 3 aromatic heterocycles. The highest BCUT2D eigenvalue weighted by Gasteiger charge is 2.18. The molecule has 0 unspecified atom stereocenters. The molecule has 0 bridgehead atoms. The molecule has 3 aromatic carbocycles. The van der Waals surface area contributed by atoms with Crippen LogP contribution in [0.1, 0.15) is 5.76 Å². The van der Waals surface area contributed by atoms with Gasteiger partial charge in [0.25, 0.3) is 11.2 Å². The van der Waals surface area contributed by atoms with Crippen molar-refractivity contribution in [2.75, 3.05) is 0 Å². The molecule has 9 heteroatoms. The van der Waals surface area contributed by atoms with Gasteiger partial charge >= 0.3 is 0 Å². The Hall–Kier alpha value is -5.31. The van der Waals surface area contributed by atoms with Crippen LogP contribution < -0.4 is 5.56 Å². The van der Waals surface area contributed by atoms with Crippen LogP contribution in [0.2, 0.25) is 0 Å². The Kier molecular flexibility index (Phi) is 5.00. The smallest absolute Gasteiger partial charge is 0.282 e. The Labute approximate surface area is 202 Å². The summed E-state index contributed by atoms with van der Waals surface area (Å²) in [5.74, 6) is 1.23. The highest BCUT2D eigenvalue weighted by Crippen LogP contribution is 2.31. The van der Waals surface area contributed by atoms with Gasteiger partial charge in [-0.2, -0.15) is 9.78 Å². The summed E-state index contributed by atoms with van der Waals surface area (Å²) in [5.41, 5.74) is 1.07. The first-order valence-electron chi connectivity index (χ1n) is 11.0. The van der Waals surface area contributed by atoms with Gasteiger partial charge in [-0.25, -0.2) is 4.98 Å². The van der Waals surface area contributed by atoms with Gasteiger partial charge in [0.15, 0.2) is 5.76 Å². The number of benzene rings is 3. The zero-order chi connectivity index (χ0) is 24.6. The van der Waals surface area contributed by atoms with E-state index in [2.05, 4.69) is 10.1 Å². The molecule has 0 atom stereocenters. The molecule has 0 aliphatic heterocycles. The minimum absolute atomic E-state index is 0.0718. The van der Waals surface area contributed by atoms with Crippen LogP contribution >= 0.6 is 0 Å². The molecule has 36 heavy (non-hydrogen) atoms. The lowest BCUT2D eigenvalue weighted by molar-refractivity contribution is -0.384. The van der Waals surface area contributed by atoms with Gasteiger partial charge in [-0.05, 0) is 42.5 Å². The van der Waals surface area contributed by atoms with E-state index < -0.39 is 4.92 Å². The molecule has 0 N–H and O–H groups in total. The van der Waals surface area contributed by atoms with Gasteiger partial charge in [0, 0.05) is 11.5 Å². The Morgan fingerprint density at radius 2 is 1.67 bits per heavy atom. The Bertz CT molecular complexity index is 1830. The number of hydrogen-bond acceptors (Lipinski definition) is 7. The van der Waals surface area contributed by atoms with Crippen molar-refractivity contribution in [1.82, 2.24) is 9.66 Å². The lowest BCUT2D eigenvalue weighted by Crippen LogP contribution is -2.20. The molecular formula is C27H16N4O5. The molecule has 9 nitrogen and oxygen atoms in total. The maximum absolute atomic E-state index is 13.4. The number of fused-ring (bicyclic) bond motifs is 2. The van der Waals surface area contributed by atoms with E-state index >= 15 is 0 Å². The summed E-state index contributed by atoms with van der Waals surface area (Å²) in [6.45, 7) is 0. The molecule has 174 valence electrons. The fourth-order valence-corrected chi connectivity index (χ4v) is 4.01. The molecule has 0 saturated heterocycles. The maximum atomic E-state index is 13.4. The van der Waals surface area contributed by atoms with Crippen molar-refractivity contribution in [3.05, 3.63) is 117 Å². The lowest BCUT2D eigenvalue weighted by atomic mass is 10.1. The summed E-state index contributed by atoms with van der Waals surface area (Å²) >= 11 is 0. The average molecular weight is 476 g/mol. The molecular weight excluding hydrogens is 460 g/mol. The van der Waals surface area contributed by atoms with Crippen LogP contribution in [-0.2, 0) is 0 Å². The van der Waals surface area contributed by atoms with Gasteiger partial charge < -0.3 is 8.83 Å². The number of furan rings is 2. The summed E-state index contributed by atoms with van der Waals surface area (Å²) in [7, 11) is 0. The van der Waals surface area contributed by atoms with Crippen molar-refractivity contribution in [2.45, 2.75) is 0 Å². The van der Waals surface area contributed by atoms with Crippen LogP contribution in [-0.4, -0.2) is 20.8 Å². The fraction of sp³-hybridized carbons (Fsp3) is 0. The van der Waals surface area contributed by atoms with E-state index in [-0.39, 0.29) is 17.1 Å². The van der Waals surface area contributed by atoms with Crippen molar-refractivity contribution in [3.8, 4) is 22.9 Å². The van der Waals surface area contributed by atoms with Crippen molar-refractivity contribution in [2.24, 2.45) is 5.10 Å². The first-order chi connectivity index (χ1) is 17.6. The highest BCUT2D eigenvalue weighted by atomic mass is 16.6. The van der Waals surface area contributed by atoms with Crippen LogP contribution in [0.15, 0.2) is 110 Å². The Balaban J connectivity index is 1.46. The minimum atomic E-state index is -0.467. The minimum Gasteiger partial charge on any atom is -0.455 e. The number of aromatic nitrogens is 2. The molecule has 0 aliphatic rings. The topological polar surface area (TPSA) is 117 Å². The Morgan fingerprint density at radius 1 is 0.889 bits per heavy atom. The summed E-state index contributed by atoms with van der Waals surface area (Å²) in [6, 6.07) is 25.8. The van der Waals surface area contributed by atoms with E-state index in [9.17, 15) is 14.9 Å². The van der Waals surface area contributed by atoms with Crippen molar-refractivity contribution in [1.29, 1.82) is 0 Å². The number of nitrogens with zero attached hydrogens (tertiary/aromatic N) is 4. The second kappa shape index (κ2) is 8.48. The van der Waals surface area contributed by atoms with Crippen LogP contribution in [0.3, 0.4) is 0 Å². The van der Waals surface area contributed by atoms with E-state index in [1.54, 1.807) is 60.7 Å². The van der Waals surface area contributed by atoms with Crippen molar-refractivity contribution < 1.29 is 13.8 Å². The standard InChI is InChI=1S/C27H16N4O5/c32-27-19-8-2-4-10-21(19)29-26(25-15-17-7-1-6-12-23(17)36-25)30(27)28-16-18-13-14-24(35-18)20-9-3-5-11-22(20)31(33)34/h1-16H. The van der Waals surface area contributed by atoms with Gasteiger partial charge in [0.1, 0.15) is 17.1 Å². The predicted octanol–water partition coefficient (Wildman–Crippen LogP) is 5.86. The average Bonchev–Trinajstić information content (AvgIpc) is 3.55. The molecule has 0 saturated carbocycles. The number of hydrogen-bond donors (Lipinski definition) is 0. The van der Waals surface area contributed by atoms with Crippen LogP contribution in [0.5, 0.6) is 0 Å². The van der Waals surface area contributed by atoms with Crippen LogP contribution in [0.4, 0.5) is 5.69 Å². The molecule has 0 radical (unpaired) electrons. The predicted molar refractivity (Wildman–Crippen MR) is 135 cm³/mol. The maximum Gasteiger partial charge on any atom is 0.282 e. The highest BCUT2D eigenvalue weighted by molar-refractivity contribution is 5.84. The quantitative estimate of drug-likeness (QED) is 0.175. The number of nitro benzene ring substituents is 1. The van der Waals surface area contributed by atoms with E-state index in [0.29, 0.717) is 39.3 Å². The van der Waals surface area contributed by atoms with E-state index in [4.69, 9.17) is 8.83 Å². The molecule has 0 amide bonds. The molecule has 0 spiro atoms. The normalized spacial score (nSPS) is 11.6. The van der Waals surface area contributed by atoms with Gasteiger partial charge in [0.2, 0.25) is 5.82 Å². The SMILES string of the molecule is O=c1c2ccccc2nc(-c2cc3ccccc3o2)n1N=Cc1ccc(-c2ccccc2[N+](=O)[O-])o1. The zero-order valence-corrected chi connectivity index (χ0v) is 18.6. The van der Waals surface area contributed by atoms with Crippen LogP contribution in [0.25, 0.3) is 44.8 Å². The largest absolute Gasteiger partial charge is 0.455 e. The summed E-state index contributed by atoms with van der Waals surface area (Å²) in [6.07, 6.45) is 1.36. The molecule has 0 fully saturated rings. The van der Waals surface area contributed by atoms with Gasteiger partial charge in [-0.3, -0.25) is 14.9 Å². The fourth-order valence-electron chi connectivity index (χ4n) is 4.01. The second-order valence-corrected chi connectivity index (χ2v) is 7.94. The first kappa shape index (κ1) is 21.2. The van der Waals surface area contributed by atoms with E-state index in [1.165, 1.54) is 12.3 Å². The zero-order valence-electron chi connectivity index (χ0n) is 18.6. The number of para-hydroxylation sites is 3. The number of rotatable bonds is 5.